The molecule has 3 heterocycles. The average Bonchev–Trinajstić information content (AvgIpc) is 3.05. The number of hydrogen-bond acceptors (Lipinski definition) is 6. The second-order valence-corrected chi connectivity index (χ2v) is 7.12. The number of halogens is 2. The number of likely N-dealkylation sites (tertiary alicyclic amines) is 1. The monoisotopic (exact) mass is 392 g/mol. The van der Waals surface area contributed by atoms with Gasteiger partial charge in [0.25, 0.3) is 16.7 Å². The van der Waals surface area contributed by atoms with Crippen LogP contribution in [0.1, 0.15) is 23.3 Å². The number of hydrogen-bond donors (Lipinski definition) is 1. The minimum Gasteiger partial charge on any atom is -0.467 e. The van der Waals surface area contributed by atoms with Gasteiger partial charge in [-0.2, -0.15) is 10.1 Å². The number of aromatic amines is 1. The molecule has 4 rings (SSSR count). The van der Waals surface area contributed by atoms with Gasteiger partial charge in [-0.25, -0.2) is 13.9 Å². The number of nitrogens with one attached hydrogen (secondary N) is 1. The summed E-state index contributed by atoms with van der Waals surface area (Å²) < 4.78 is 33.2. The van der Waals surface area contributed by atoms with E-state index in [2.05, 4.69) is 15.2 Å². The molecule has 1 aliphatic heterocycles. The third kappa shape index (κ3) is 3.65. The number of ether oxygens (including phenoxy) is 1. The van der Waals surface area contributed by atoms with Gasteiger partial charge >= 0.3 is 0 Å². The van der Waals surface area contributed by atoms with Crippen molar-refractivity contribution in [3.8, 4) is 5.19 Å². The van der Waals surface area contributed by atoms with Crippen LogP contribution in [0.2, 0.25) is 0 Å². The zero-order valence-electron chi connectivity index (χ0n) is 13.9. The summed E-state index contributed by atoms with van der Waals surface area (Å²) in [4.78, 5) is 29.1. The Morgan fingerprint density at radius 3 is 2.74 bits per heavy atom. The van der Waals surface area contributed by atoms with Gasteiger partial charge in [-0.3, -0.25) is 9.59 Å². The summed E-state index contributed by atoms with van der Waals surface area (Å²) in [6.45, 7) is 0.913. The number of benzene rings is 1. The van der Waals surface area contributed by atoms with Crippen molar-refractivity contribution in [2.45, 2.75) is 18.9 Å². The van der Waals surface area contributed by atoms with Crippen molar-refractivity contribution in [2.24, 2.45) is 0 Å². The zero-order chi connectivity index (χ0) is 19.0. The maximum absolute atomic E-state index is 13.7. The third-order valence-electron chi connectivity index (χ3n) is 4.29. The third-order valence-corrected chi connectivity index (χ3v) is 5.18. The molecule has 7 nitrogen and oxygen atoms in total. The maximum Gasteiger partial charge on any atom is 0.274 e. The number of piperidine rings is 1. The van der Waals surface area contributed by atoms with E-state index in [1.807, 2.05) is 0 Å². The molecule has 0 saturated carbocycles. The molecule has 1 aromatic carbocycles. The highest BCUT2D eigenvalue weighted by Crippen LogP contribution is 2.32. The molecule has 1 N–H and O–H groups in total. The predicted molar refractivity (Wildman–Crippen MR) is 93.9 cm³/mol. The normalized spacial score (nSPS) is 15.3. The summed E-state index contributed by atoms with van der Waals surface area (Å²) in [5.74, 6) is -1.63. The lowest BCUT2D eigenvalue weighted by molar-refractivity contribution is 0.0589. The van der Waals surface area contributed by atoms with Crippen LogP contribution in [0.4, 0.5) is 8.78 Å². The van der Waals surface area contributed by atoms with Crippen LogP contribution >= 0.6 is 11.3 Å². The Labute approximate surface area is 155 Å². The summed E-state index contributed by atoms with van der Waals surface area (Å²) >= 11 is 1.09. The van der Waals surface area contributed by atoms with Crippen LogP contribution in [0.15, 0.2) is 29.1 Å². The number of carbonyl (C=O) groups excluding carboxylic acids is 1. The van der Waals surface area contributed by atoms with Crippen molar-refractivity contribution in [3.05, 3.63) is 51.9 Å². The fourth-order valence-corrected chi connectivity index (χ4v) is 3.85. The molecule has 0 unspecified atom stereocenters. The minimum absolute atomic E-state index is 0.0909. The molecule has 1 fully saturated rings. The minimum atomic E-state index is -0.718. The van der Waals surface area contributed by atoms with E-state index < -0.39 is 11.6 Å². The van der Waals surface area contributed by atoms with Gasteiger partial charge in [0, 0.05) is 38.1 Å². The lowest BCUT2D eigenvalue weighted by Gasteiger charge is -2.31. The molecule has 27 heavy (non-hydrogen) atoms. The molecule has 140 valence electrons. The Kier molecular flexibility index (Phi) is 4.56. The van der Waals surface area contributed by atoms with Gasteiger partial charge in [-0.1, -0.05) is 11.3 Å². The molecule has 1 amide bonds. The van der Waals surface area contributed by atoms with E-state index >= 15 is 0 Å². The van der Waals surface area contributed by atoms with Crippen molar-refractivity contribution < 1.29 is 18.3 Å². The van der Waals surface area contributed by atoms with Crippen molar-refractivity contribution in [2.75, 3.05) is 13.1 Å². The highest BCUT2D eigenvalue weighted by molar-refractivity contribution is 7.20. The highest BCUT2D eigenvalue weighted by atomic mass is 32.1. The molecular formula is C17H14F2N4O3S. The number of rotatable bonds is 3. The van der Waals surface area contributed by atoms with Crippen molar-refractivity contribution >= 4 is 27.5 Å². The predicted octanol–water partition coefficient (Wildman–Crippen LogP) is 2.34. The van der Waals surface area contributed by atoms with E-state index in [0.717, 1.165) is 17.4 Å². The quantitative estimate of drug-likeness (QED) is 0.739. The molecule has 0 radical (unpaired) electrons. The first-order valence-corrected chi connectivity index (χ1v) is 9.08. The Morgan fingerprint density at radius 2 is 2.04 bits per heavy atom. The van der Waals surface area contributed by atoms with Crippen LogP contribution in [0.3, 0.4) is 0 Å². The molecule has 0 aliphatic carbocycles. The number of thiazole rings is 1. The van der Waals surface area contributed by atoms with Crippen LogP contribution < -0.4 is 10.3 Å². The fourth-order valence-electron chi connectivity index (χ4n) is 2.93. The molecule has 1 saturated heterocycles. The van der Waals surface area contributed by atoms with Gasteiger partial charge in [0.05, 0.1) is 4.70 Å². The fraction of sp³-hybridized carbons (Fsp3) is 0.294. The van der Waals surface area contributed by atoms with Crippen LogP contribution in [0, 0.1) is 11.6 Å². The number of amides is 1. The summed E-state index contributed by atoms with van der Waals surface area (Å²) in [5.41, 5.74) is -0.100. The molecule has 0 bridgehead atoms. The second kappa shape index (κ2) is 7.03. The Morgan fingerprint density at radius 1 is 1.26 bits per heavy atom. The molecular weight excluding hydrogens is 378 g/mol. The van der Waals surface area contributed by atoms with E-state index in [4.69, 9.17) is 4.74 Å². The molecule has 2 aromatic heterocycles. The number of carbonyl (C=O) groups is 1. The van der Waals surface area contributed by atoms with Crippen LogP contribution in [0.25, 0.3) is 10.2 Å². The van der Waals surface area contributed by atoms with Crippen molar-refractivity contribution in [3.63, 3.8) is 0 Å². The van der Waals surface area contributed by atoms with Crippen LogP contribution in [-0.4, -0.2) is 45.2 Å². The zero-order valence-corrected chi connectivity index (χ0v) is 14.8. The van der Waals surface area contributed by atoms with Crippen molar-refractivity contribution in [1.82, 2.24) is 20.1 Å². The molecule has 0 atom stereocenters. The Balaban J connectivity index is 1.39. The summed E-state index contributed by atoms with van der Waals surface area (Å²) in [6.07, 6.45) is 0.968. The molecule has 10 heteroatoms. The van der Waals surface area contributed by atoms with Crippen LogP contribution in [-0.2, 0) is 0 Å². The number of H-pyrrole nitrogens is 1. The van der Waals surface area contributed by atoms with E-state index in [1.165, 1.54) is 18.2 Å². The molecule has 3 aromatic rings. The number of nitrogens with zero attached hydrogens (tertiary/aromatic N) is 3. The van der Waals surface area contributed by atoms with E-state index in [1.54, 1.807) is 4.90 Å². The summed E-state index contributed by atoms with van der Waals surface area (Å²) in [6, 6.07) is 4.66. The number of aromatic nitrogens is 3. The maximum atomic E-state index is 13.7. The van der Waals surface area contributed by atoms with Gasteiger partial charge in [-0.05, 0) is 12.1 Å². The second-order valence-electron chi connectivity index (χ2n) is 6.13. The first kappa shape index (κ1) is 17.5. The molecule has 1 aliphatic rings. The average molecular weight is 392 g/mol. The first-order chi connectivity index (χ1) is 13.0. The van der Waals surface area contributed by atoms with Gasteiger partial charge in [0.15, 0.2) is 5.82 Å². The van der Waals surface area contributed by atoms with E-state index in [9.17, 15) is 18.4 Å². The van der Waals surface area contributed by atoms with Gasteiger partial charge < -0.3 is 9.64 Å². The summed E-state index contributed by atoms with van der Waals surface area (Å²) in [5, 5.41) is 6.27. The van der Waals surface area contributed by atoms with Crippen LogP contribution in [0.5, 0.6) is 5.19 Å². The smallest absolute Gasteiger partial charge is 0.274 e. The van der Waals surface area contributed by atoms with Crippen molar-refractivity contribution in [1.29, 1.82) is 0 Å². The van der Waals surface area contributed by atoms with Gasteiger partial charge in [0.2, 0.25) is 0 Å². The summed E-state index contributed by atoms with van der Waals surface area (Å²) in [7, 11) is 0. The Bertz CT molecular complexity index is 1040. The topological polar surface area (TPSA) is 88.2 Å². The van der Waals surface area contributed by atoms with Gasteiger partial charge in [0.1, 0.15) is 23.1 Å². The first-order valence-electron chi connectivity index (χ1n) is 8.27. The standard InChI is InChI=1S/C17H14F2N4O3S/c18-9-7-11(19)15-13(8-9)27-17(20-15)26-10-3-5-23(6-4-10)16(25)12-1-2-14(24)22-21-12/h1-2,7-8,10H,3-6H2,(H,22,24). The lowest BCUT2D eigenvalue weighted by atomic mass is 10.1. The van der Waals surface area contributed by atoms with Gasteiger partial charge in [-0.15, -0.1) is 0 Å². The molecule has 0 spiro atoms. The highest BCUT2D eigenvalue weighted by Gasteiger charge is 2.26. The lowest BCUT2D eigenvalue weighted by Crippen LogP contribution is -2.42. The largest absolute Gasteiger partial charge is 0.467 e. The Hall–Kier alpha value is -2.88. The SMILES string of the molecule is O=C(c1ccc(=O)[nH]n1)N1CCC(Oc2nc3c(F)cc(F)cc3s2)CC1. The van der Waals surface area contributed by atoms with E-state index in [-0.39, 0.29) is 34.0 Å². The van der Waals surface area contributed by atoms with E-state index in [0.29, 0.717) is 30.6 Å². The number of fused-ring (bicyclic) bond motifs is 1.